The van der Waals surface area contributed by atoms with Gasteiger partial charge in [0.1, 0.15) is 16.3 Å². The Bertz CT molecular complexity index is 1680. The molecule has 38 heavy (non-hydrogen) atoms. The largest absolute Gasteiger partial charge is 0.505 e. The molecule has 0 aromatic heterocycles. The molecular weight excluding hydrogens is 553 g/mol. The second-order valence-corrected chi connectivity index (χ2v) is 10.4. The number of carbonyl (C=O) groups excluding carboxylic acids is 1. The molecule has 0 bridgehead atoms. The minimum atomic E-state index is -4.54. The van der Waals surface area contributed by atoms with Crippen molar-refractivity contribution in [3.63, 3.8) is 0 Å². The normalized spacial score (nSPS) is 11.7. The summed E-state index contributed by atoms with van der Waals surface area (Å²) in [5.41, 5.74) is 0.643. The van der Waals surface area contributed by atoms with Gasteiger partial charge in [-0.25, -0.2) is 0 Å². The third-order valence-electron chi connectivity index (χ3n) is 5.42. The van der Waals surface area contributed by atoms with Gasteiger partial charge in [-0.05, 0) is 55.1 Å². The third kappa shape index (κ3) is 5.89. The SMILES string of the molecule is CCOc1cc(Cl)cc(NC(=O)c2cc3ccccc3c(N=Nc3cc(C)c(S(=O)(=O)O)c(Cl)c3)c2O)c1. The number of anilines is 1. The summed E-state index contributed by atoms with van der Waals surface area (Å²) in [6, 6.07) is 15.8. The van der Waals surface area contributed by atoms with E-state index in [2.05, 4.69) is 15.5 Å². The monoisotopic (exact) mass is 573 g/mol. The van der Waals surface area contributed by atoms with Crippen LogP contribution in [0.3, 0.4) is 0 Å². The van der Waals surface area contributed by atoms with E-state index in [4.69, 9.17) is 27.9 Å². The highest BCUT2D eigenvalue weighted by Crippen LogP contribution is 2.40. The molecule has 0 radical (unpaired) electrons. The van der Waals surface area contributed by atoms with Crippen molar-refractivity contribution in [3.05, 3.63) is 81.8 Å². The zero-order valence-electron chi connectivity index (χ0n) is 20.1. The summed E-state index contributed by atoms with van der Waals surface area (Å²) in [6.07, 6.45) is 0. The molecule has 0 unspecified atom stereocenters. The van der Waals surface area contributed by atoms with Gasteiger partial charge in [-0.2, -0.15) is 13.5 Å². The number of nitrogens with one attached hydrogen (secondary N) is 1. The maximum atomic E-state index is 13.2. The fraction of sp³-hybridized carbons (Fsp3) is 0.115. The summed E-state index contributed by atoms with van der Waals surface area (Å²) in [7, 11) is -4.54. The Balaban J connectivity index is 1.76. The first kappa shape index (κ1) is 27.3. The Labute approximate surface area is 228 Å². The smallest absolute Gasteiger partial charge is 0.296 e. The number of nitrogens with zero attached hydrogens (tertiary/aromatic N) is 2. The standard InChI is InChI=1S/C26H21Cl2N3O6S/c1-3-37-19-11-16(27)10-17(12-19)29-26(33)21-9-15-6-4-5-7-20(15)23(24(21)32)31-30-18-8-14(2)25(22(28)13-18)38(34,35)36/h4-13,32H,3H2,1-2H3,(H,29,33)(H,34,35,36). The number of hydrogen-bond acceptors (Lipinski definition) is 7. The molecule has 0 saturated heterocycles. The Kier molecular flexibility index (Phi) is 7.89. The van der Waals surface area contributed by atoms with Gasteiger partial charge in [0.05, 0.1) is 22.9 Å². The maximum absolute atomic E-state index is 13.2. The molecule has 0 aliphatic heterocycles. The van der Waals surface area contributed by atoms with Gasteiger partial charge in [-0.3, -0.25) is 9.35 Å². The van der Waals surface area contributed by atoms with Gasteiger partial charge < -0.3 is 15.2 Å². The van der Waals surface area contributed by atoms with Gasteiger partial charge in [-0.15, -0.1) is 5.11 Å². The Morgan fingerprint density at radius 2 is 1.79 bits per heavy atom. The number of carbonyl (C=O) groups is 1. The van der Waals surface area contributed by atoms with Gasteiger partial charge >= 0.3 is 0 Å². The molecule has 1 amide bonds. The molecular formula is C26H21Cl2N3O6S. The summed E-state index contributed by atoms with van der Waals surface area (Å²) in [6.45, 7) is 3.68. The van der Waals surface area contributed by atoms with Crippen LogP contribution in [0.5, 0.6) is 11.5 Å². The molecule has 4 rings (SSSR count). The quantitative estimate of drug-likeness (QED) is 0.155. The molecule has 0 spiro atoms. The third-order valence-corrected chi connectivity index (χ3v) is 7.10. The lowest BCUT2D eigenvalue weighted by molar-refractivity contribution is 0.102. The van der Waals surface area contributed by atoms with E-state index in [0.717, 1.165) is 0 Å². The molecule has 0 aliphatic rings. The molecule has 0 fully saturated rings. The molecule has 9 nitrogen and oxygen atoms in total. The van der Waals surface area contributed by atoms with Crippen LogP contribution in [0.4, 0.5) is 17.1 Å². The second-order valence-electron chi connectivity index (χ2n) is 8.15. The van der Waals surface area contributed by atoms with E-state index < -0.39 is 26.7 Å². The van der Waals surface area contributed by atoms with Crippen molar-refractivity contribution >= 4 is 67.1 Å². The lowest BCUT2D eigenvalue weighted by Gasteiger charge is -2.12. The zero-order valence-corrected chi connectivity index (χ0v) is 22.4. The number of aryl methyl sites for hydroxylation is 1. The predicted octanol–water partition coefficient (Wildman–Crippen LogP) is 7.47. The second kappa shape index (κ2) is 11.0. The summed E-state index contributed by atoms with van der Waals surface area (Å²) < 4.78 is 38.0. The molecule has 0 heterocycles. The maximum Gasteiger partial charge on any atom is 0.296 e. The topological polar surface area (TPSA) is 138 Å². The molecule has 4 aromatic rings. The number of ether oxygens (including phenoxy) is 1. The van der Waals surface area contributed by atoms with Gasteiger partial charge in [0.15, 0.2) is 5.75 Å². The van der Waals surface area contributed by atoms with Gasteiger partial charge in [-0.1, -0.05) is 47.5 Å². The number of azo groups is 1. The minimum absolute atomic E-state index is 0.0157. The first-order valence-corrected chi connectivity index (χ1v) is 13.4. The lowest BCUT2D eigenvalue weighted by atomic mass is 10.0. The number of benzene rings is 4. The highest BCUT2D eigenvalue weighted by molar-refractivity contribution is 7.86. The van der Waals surface area contributed by atoms with Crippen LogP contribution in [0.25, 0.3) is 10.8 Å². The molecule has 12 heteroatoms. The van der Waals surface area contributed by atoms with Crippen molar-refractivity contribution in [2.45, 2.75) is 18.7 Å². The predicted molar refractivity (Wildman–Crippen MR) is 146 cm³/mol. The van der Waals surface area contributed by atoms with Crippen LogP contribution in [0.1, 0.15) is 22.8 Å². The number of halogens is 2. The number of rotatable bonds is 7. The van der Waals surface area contributed by atoms with Crippen molar-refractivity contribution < 1.29 is 27.6 Å². The van der Waals surface area contributed by atoms with E-state index in [0.29, 0.717) is 33.8 Å². The Morgan fingerprint density at radius 1 is 1.05 bits per heavy atom. The highest BCUT2D eigenvalue weighted by atomic mass is 35.5. The first-order valence-electron chi connectivity index (χ1n) is 11.2. The van der Waals surface area contributed by atoms with Crippen molar-refractivity contribution in [2.75, 3.05) is 11.9 Å². The molecule has 0 atom stereocenters. The van der Waals surface area contributed by atoms with Crippen LogP contribution < -0.4 is 10.1 Å². The number of fused-ring (bicyclic) bond motifs is 1. The Morgan fingerprint density at radius 3 is 2.47 bits per heavy atom. The van der Waals surface area contributed by atoms with E-state index in [1.54, 1.807) is 42.5 Å². The van der Waals surface area contributed by atoms with Crippen LogP contribution in [0.15, 0.2) is 75.8 Å². The number of aromatic hydroxyl groups is 1. The van der Waals surface area contributed by atoms with Crippen LogP contribution in [-0.2, 0) is 10.1 Å². The minimum Gasteiger partial charge on any atom is -0.505 e. The van der Waals surface area contributed by atoms with Crippen LogP contribution in [0.2, 0.25) is 10.0 Å². The number of phenols is 1. The number of amides is 1. The Hall–Kier alpha value is -3.70. The molecule has 0 saturated carbocycles. The number of hydrogen-bond donors (Lipinski definition) is 3. The summed E-state index contributed by atoms with van der Waals surface area (Å²) >= 11 is 12.2. The number of phenolic OH excluding ortho intramolecular Hbond substituents is 1. The van der Waals surface area contributed by atoms with E-state index in [9.17, 15) is 22.9 Å². The summed E-state index contributed by atoms with van der Waals surface area (Å²) in [5, 5.41) is 23.3. The molecule has 3 N–H and O–H groups in total. The van der Waals surface area contributed by atoms with Crippen molar-refractivity contribution in [2.24, 2.45) is 10.2 Å². The zero-order chi connectivity index (χ0) is 27.6. The fourth-order valence-electron chi connectivity index (χ4n) is 3.88. The van der Waals surface area contributed by atoms with E-state index in [-0.39, 0.29) is 27.5 Å². The fourth-order valence-corrected chi connectivity index (χ4v) is 5.43. The van der Waals surface area contributed by atoms with Crippen LogP contribution in [-0.4, -0.2) is 30.6 Å². The van der Waals surface area contributed by atoms with Crippen LogP contribution in [0, 0.1) is 6.92 Å². The van der Waals surface area contributed by atoms with Gasteiger partial charge in [0.2, 0.25) is 0 Å². The molecule has 4 aromatic carbocycles. The average Bonchev–Trinajstić information content (AvgIpc) is 2.81. The molecule has 196 valence electrons. The van der Waals surface area contributed by atoms with Crippen molar-refractivity contribution in [1.29, 1.82) is 0 Å². The van der Waals surface area contributed by atoms with Crippen molar-refractivity contribution in [1.82, 2.24) is 0 Å². The summed E-state index contributed by atoms with van der Waals surface area (Å²) in [5.74, 6) is -0.568. The van der Waals surface area contributed by atoms with Crippen LogP contribution >= 0.6 is 23.2 Å². The lowest BCUT2D eigenvalue weighted by Crippen LogP contribution is -2.12. The van der Waals surface area contributed by atoms with Gasteiger partial charge in [0.25, 0.3) is 16.0 Å². The van der Waals surface area contributed by atoms with Crippen molar-refractivity contribution in [3.8, 4) is 11.5 Å². The first-order chi connectivity index (χ1) is 18.0. The summed E-state index contributed by atoms with van der Waals surface area (Å²) in [4.78, 5) is 12.7. The average molecular weight is 574 g/mol. The molecule has 0 aliphatic carbocycles. The van der Waals surface area contributed by atoms with E-state index in [1.807, 2.05) is 6.92 Å². The van der Waals surface area contributed by atoms with E-state index in [1.165, 1.54) is 25.1 Å². The van der Waals surface area contributed by atoms with E-state index >= 15 is 0 Å². The van der Waals surface area contributed by atoms with Gasteiger partial charge in [0, 0.05) is 22.2 Å². The highest BCUT2D eigenvalue weighted by Gasteiger charge is 2.21.